The molecule has 0 unspecified atom stereocenters. The molecule has 0 saturated heterocycles. The normalized spacial score (nSPS) is 9.93. The van der Waals surface area contributed by atoms with Crippen molar-refractivity contribution in [3.63, 3.8) is 0 Å². The van der Waals surface area contributed by atoms with Gasteiger partial charge in [-0.25, -0.2) is 4.98 Å². The lowest BCUT2D eigenvalue weighted by Crippen LogP contribution is -1.90. The summed E-state index contributed by atoms with van der Waals surface area (Å²) in [6.45, 7) is 2.53. The predicted octanol–water partition coefficient (Wildman–Crippen LogP) is 2.90. The van der Waals surface area contributed by atoms with Gasteiger partial charge in [0, 0.05) is 11.0 Å². The largest absolute Gasteiger partial charge is 0.494 e. The van der Waals surface area contributed by atoms with Crippen molar-refractivity contribution in [2.24, 2.45) is 5.11 Å². The molecule has 0 radical (unpaired) electrons. The van der Waals surface area contributed by atoms with Crippen molar-refractivity contribution in [1.82, 2.24) is 9.97 Å². The Kier molecular flexibility index (Phi) is 2.43. The quantitative estimate of drug-likeness (QED) is 0.472. The Hall–Kier alpha value is -2.20. The van der Waals surface area contributed by atoms with E-state index in [1.165, 1.54) is 0 Å². The number of aromatic amines is 1. The molecule has 6 nitrogen and oxygen atoms in total. The maximum absolute atomic E-state index is 8.26. The summed E-state index contributed by atoms with van der Waals surface area (Å²) in [5.74, 6) is 1.03. The summed E-state index contributed by atoms with van der Waals surface area (Å²) in [5, 5.41) is 3.39. The highest BCUT2D eigenvalue weighted by Gasteiger charge is 2.02. The molecule has 0 amide bonds. The van der Waals surface area contributed by atoms with Gasteiger partial charge in [0.25, 0.3) is 0 Å². The third kappa shape index (κ3) is 1.84. The number of imidazole rings is 1. The molecule has 1 aromatic carbocycles. The number of H-pyrrole nitrogens is 1. The van der Waals surface area contributed by atoms with E-state index in [-0.39, 0.29) is 5.95 Å². The zero-order chi connectivity index (χ0) is 10.7. The third-order valence-corrected chi connectivity index (χ3v) is 1.89. The summed E-state index contributed by atoms with van der Waals surface area (Å²) in [4.78, 5) is 9.62. The van der Waals surface area contributed by atoms with Gasteiger partial charge >= 0.3 is 0 Å². The van der Waals surface area contributed by atoms with E-state index in [2.05, 4.69) is 20.0 Å². The van der Waals surface area contributed by atoms with Crippen molar-refractivity contribution in [2.75, 3.05) is 6.61 Å². The topological polar surface area (TPSA) is 86.7 Å². The zero-order valence-electron chi connectivity index (χ0n) is 8.14. The minimum atomic E-state index is 0.265. The summed E-state index contributed by atoms with van der Waals surface area (Å²) >= 11 is 0. The van der Waals surface area contributed by atoms with Crippen molar-refractivity contribution in [3.05, 3.63) is 28.6 Å². The number of aromatic nitrogens is 2. The molecule has 1 heterocycles. The molecule has 1 N–H and O–H groups in total. The van der Waals surface area contributed by atoms with Crippen LogP contribution in [0.3, 0.4) is 0 Å². The van der Waals surface area contributed by atoms with Gasteiger partial charge in [-0.1, -0.05) is 0 Å². The van der Waals surface area contributed by atoms with Crippen LogP contribution >= 0.6 is 0 Å². The first-order valence-electron chi connectivity index (χ1n) is 4.51. The fourth-order valence-electron chi connectivity index (χ4n) is 1.32. The summed E-state index contributed by atoms with van der Waals surface area (Å²) in [7, 11) is 0. The van der Waals surface area contributed by atoms with E-state index in [4.69, 9.17) is 10.3 Å². The lowest BCUT2D eigenvalue weighted by molar-refractivity contribution is 0.340. The maximum Gasteiger partial charge on any atom is 0.195 e. The number of benzene rings is 1. The number of azide groups is 1. The van der Waals surface area contributed by atoms with Crippen LogP contribution in [0.1, 0.15) is 6.92 Å². The summed E-state index contributed by atoms with van der Waals surface area (Å²) in [6, 6.07) is 5.46. The SMILES string of the molecule is CCOc1ccc2nc(N=[N+]=[N-])[nH]c2c1. The molecule has 1 aromatic heterocycles. The lowest BCUT2D eigenvalue weighted by Gasteiger charge is -2.00. The monoisotopic (exact) mass is 203 g/mol. The molecule has 6 heteroatoms. The Bertz CT molecular complexity index is 526. The van der Waals surface area contributed by atoms with E-state index in [9.17, 15) is 0 Å². The minimum absolute atomic E-state index is 0.265. The fourth-order valence-corrected chi connectivity index (χ4v) is 1.32. The van der Waals surface area contributed by atoms with E-state index < -0.39 is 0 Å². The Labute approximate surface area is 85.5 Å². The second-order valence-corrected chi connectivity index (χ2v) is 2.86. The van der Waals surface area contributed by atoms with Crippen molar-refractivity contribution in [2.45, 2.75) is 6.92 Å². The van der Waals surface area contributed by atoms with Gasteiger partial charge in [-0.15, -0.1) is 0 Å². The van der Waals surface area contributed by atoms with E-state index in [1.807, 2.05) is 25.1 Å². The molecule has 15 heavy (non-hydrogen) atoms. The number of rotatable bonds is 3. The number of nitrogens with one attached hydrogen (secondary N) is 1. The summed E-state index contributed by atoms with van der Waals surface area (Å²) in [5.41, 5.74) is 9.80. The van der Waals surface area contributed by atoms with Crippen LogP contribution < -0.4 is 4.74 Å². The maximum atomic E-state index is 8.26. The van der Waals surface area contributed by atoms with Crippen LogP contribution in [0.2, 0.25) is 0 Å². The molecule has 0 aliphatic heterocycles. The Morgan fingerprint density at radius 2 is 2.47 bits per heavy atom. The van der Waals surface area contributed by atoms with Crippen LogP contribution in [-0.2, 0) is 0 Å². The molecule has 2 rings (SSSR count). The highest BCUT2D eigenvalue weighted by atomic mass is 16.5. The number of hydrogen-bond donors (Lipinski definition) is 1. The second kappa shape index (κ2) is 3.89. The van der Waals surface area contributed by atoms with Crippen molar-refractivity contribution >= 4 is 17.0 Å². The van der Waals surface area contributed by atoms with Crippen molar-refractivity contribution in [3.8, 4) is 5.75 Å². The van der Waals surface area contributed by atoms with Gasteiger partial charge in [0.1, 0.15) is 5.75 Å². The number of nitrogens with zero attached hydrogens (tertiary/aromatic N) is 4. The van der Waals surface area contributed by atoms with Gasteiger partial charge in [-0.05, 0) is 29.7 Å². The molecule has 0 atom stereocenters. The van der Waals surface area contributed by atoms with Gasteiger partial charge in [-0.2, -0.15) is 0 Å². The molecule has 0 fully saturated rings. The molecule has 2 aromatic rings. The molecular formula is C9H9N5O. The number of hydrogen-bond acceptors (Lipinski definition) is 3. The molecular weight excluding hydrogens is 194 g/mol. The summed E-state index contributed by atoms with van der Waals surface area (Å²) < 4.78 is 5.33. The Balaban J connectivity index is 2.47. The van der Waals surface area contributed by atoms with Crippen LogP contribution in [0.4, 0.5) is 5.95 Å². The van der Waals surface area contributed by atoms with Gasteiger partial charge in [-0.3, -0.25) is 0 Å². The molecule has 0 spiro atoms. The first-order valence-corrected chi connectivity index (χ1v) is 4.51. The average Bonchev–Trinajstić information content (AvgIpc) is 2.60. The van der Waals surface area contributed by atoms with E-state index in [0.29, 0.717) is 6.61 Å². The van der Waals surface area contributed by atoms with Crippen LogP contribution in [-0.4, -0.2) is 16.6 Å². The van der Waals surface area contributed by atoms with Crippen LogP contribution in [0.15, 0.2) is 23.3 Å². The highest BCUT2D eigenvalue weighted by Crippen LogP contribution is 2.21. The third-order valence-electron chi connectivity index (χ3n) is 1.89. The van der Waals surface area contributed by atoms with E-state index in [0.717, 1.165) is 16.8 Å². The molecule has 76 valence electrons. The van der Waals surface area contributed by atoms with Crippen LogP contribution in [0.5, 0.6) is 5.75 Å². The molecule has 0 aliphatic carbocycles. The Morgan fingerprint density at radius 3 is 3.20 bits per heavy atom. The molecule has 0 saturated carbocycles. The number of fused-ring (bicyclic) bond motifs is 1. The second-order valence-electron chi connectivity index (χ2n) is 2.86. The summed E-state index contributed by atoms with van der Waals surface area (Å²) in [6.07, 6.45) is 0. The van der Waals surface area contributed by atoms with E-state index >= 15 is 0 Å². The molecule has 0 bridgehead atoms. The van der Waals surface area contributed by atoms with Crippen molar-refractivity contribution in [1.29, 1.82) is 0 Å². The van der Waals surface area contributed by atoms with Gasteiger partial charge in [0.05, 0.1) is 17.6 Å². The highest BCUT2D eigenvalue weighted by molar-refractivity contribution is 5.78. The van der Waals surface area contributed by atoms with Crippen LogP contribution in [0.25, 0.3) is 21.5 Å². The standard InChI is InChI=1S/C9H9N5O/c1-2-15-6-3-4-7-8(5-6)12-9(11-7)13-14-10/h3-5H,2H2,1H3,(H,11,12). The minimum Gasteiger partial charge on any atom is -0.494 e. The molecule has 0 aliphatic rings. The van der Waals surface area contributed by atoms with Crippen LogP contribution in [0, 0.1) is 0 Å². The average molecular weight is 203 g/mol. The van der Waals surface area contributed by atoms with Gasteiger partial charge in [0.15, 0.2) is 5.95 Å². The lowest BCUT2D eigenvalue weighted by atomic mass is 10.3. The van der Waals surface area contributed by atoms with E-state index in [1.54, 1.807) is 0 Å². The first kappa shape index (κ1) is 9.36. The predicted molar refractivity (Wildman–Crippen MR) is 56.1 cm³/mol. The number of ether oxygens (including phenoxy) is 1. The first-order chi connectivity index (χ1) is 7.33. The van der Waals surface area contributed by atoms with Gasteiger partial charge < -0.3 is 9.72 Å². The smallest absolute Gasteiger partial charge is 0.195 e. The zero-order valence-corrected chi connectivity index (χ0v) is 8.14. The Morgan fingerprint density at radius 1 is 1.60 bits per heavy atom. The van der Waals surface area contributed by atoms with Crippen molar-refractivity contribution < 1.29 is 4.74 Å². The fraction of sp³-hybridized carbons (Fsp3) is 0.222. The van der Waals surface area contributed by atoms with Gasteiger partial charge in [0.2, 0.25) is 0 Å².